The van der Waals surface area contributed by atoms with Gasteiger partial charge in [0, 0.05) is 38.4 Å². The van der Waals surface area contributed by atoms with Crippen LogP contribution >= 0.6 is 0 Å². The van der Waals surface area contributed by atoms with E-state index in [1.807, 2.05) is 30.3 Å². The topological polar surface area (TPSA) is 54.4 Å². The standard InChI is InChI=1S/C25H36N2O4/c1-20(2)24-6-4-5-7-25(24)31-17-16-30-19-22(28)18-26-12-14-27(15-13-26)21-8-10-23(29-3)11-9-21/h4-11,20,22,28H,12-19H2,1-3H3/t22-/m0/s1. The Labute approximate surface area is 186 Å². The number of hydrogen-bond donors (Lipinski definition) is 1. The average Bonchev–Trinajstić information content (AvgIpc) is 2.79. The second-order valence-electron chi connectivity index (χ2n) is 8.26. The van der Waals surface area contributed by atoms with Gasteiger partial charge in [0.15, 0.2) is 0 Å². The molecule has 1 aliphatic rings. The number of aliphatic hydroxyl groups excluding tert-OH is 1. The fraction of sp³-hybridized carbons (Fsp3) is 0.520. The largest absolute Gasteiger partial charge is 0.497 e. The van der Waals surface area contributed by atoms with E-state index in [0.717, 1.165) is 37.7 Å². The lowest BCUT2D eigenvalue weighted by Crippen LogP contribution is -2.49. The van der Waals surface area contributed by atoms with Crippen LogP contribution in [0.2, 0.25) is 0 Å². The second kappa shape index (κ2) is 11.9. The molecule has 0 unspecified atom stereocenters. The fourth-order valence-electron chi connectivity index (χ4n) is 3.85. The van der Waals surface area contributed by atoms with Crippen molar-refractivity contribution >= 4 is 5.69 Å². The molecule has 0 saturated carbocycles. The van der Waals surface area contributed by atoms with Crippen LogP contribution in [0.25, 0.3) is 0 Å². The van der Waals surface area contributed by atoms with Crippen LogP contribution < -0.4 is 14.4 Å². The van der Waals surface area contributed by atoms with Crippen molar-refractivity contribution in [3.8, 4) is 11.5 Å². The highest BCUT2D eigenvalue weighted by Crippen LogP contribution is 2.25. The van der Waals surface area contributed by atoms with Crippen LogP contribution in [0.15, 0.2) is 48.5 Å². The number of ether oxygens (including phenoxy) is 3. The molecule has 1 atom stereocenters. The Kier molecular flexibility index (Phi) is 9.00. The monoisotopic (exact) mass is 428 g/mol. The highest BCUT2D eigenvalue weighted by Gasteiger charge is 2.19. The van der Waals surface area contributed by atoms with E-state index in [2.05, 4.69) is 41.8 Å². The maximum absolute atomic E-state index is 10.3. The van der Waals surface area contributed by atoms with E-state index in [4.69, 9.17) is 14.2 Å². The second-order valence-corrected chi connectivity index (χ2v) is 8.26. The molecule has 2 aromatic carbocycles. The maximum Gasteiger partial charge on any atom is 0.122 e. The molecule has 3 rings (SSSR count). The average molecular weight is 429 g/mol. The molecule has 1 saturated heterocycles. The number of hydrogen-bond acceptors (Lipinski definition) is 6. The van der Waals surface area contributed by atoms with Gasteiger partial charge in [0.1, 0.15) is 18.1 Å². The molecule has 0 radical (unpaired) electrons. The molecule has 0 spiro atoms. The molecule has 0 bridgehead atoms. The van der Waals surface area contributed by atoms with Crippen molar-refractivity contribution in [3.05, 3.63) is 54.1 Å². The van der Waals surface area contributed by atoms with E-state index < -0.39 is 6.10 Å². The molecule has 0 aromatic heterocycles. The number of methoxy groups -OCH3 is 1. The fourth-order valence-corrected chi connectivity index (χ4v) is 3.85. The van der Waals surface area contributed by atoms with Crippen molar-refractivity contribution in [2.75, 3.05) is 64.6 Å². The van der Waals surface area contributed by atoms with Crippen LogP contribution in [0.4, 0.5) is 5.69 Å². The summed E-state index contributed by atoms with van der Waals surface area (Å²) in [6, 6.07) is 16.3. The lowest BCUT2D eigenvalue weighted by Gasteiger charge is -2.36. The van der Waals surface area contributed by atoms with Gasteiger partial charge in [-0.1, -0.05) is 32.0 Å². The molecule has 2 aromatic rings. The first-order chi connectivity index (χ1) is 15.1. The highest BCUT2D eigenvalue weighted by molar-refractivity contribution is 5.49. The van der Waals surface area contributed by atoms with Crippen LogP contribution in [0.1, 0.15) is 25.3 Å². The molecule has 6 heteroatoms. The third kappa shape index (κ3) is 7.13. The minimum atomic E-state index is -0.490. The van der Waals surface area contributed by atoms with E-state index in [-0.39, 0.29) is 0 Å². The van der Waals surface area contributed by atoms with Gasteiger partial charge in [0.2, 0.25) is 0 Å². The smallest absolute Gasteiger partial charge is 0.122 e. The van der Waals surface area contributed by atoms with Gasteiger partial charge in [0.05, 0.1) is 26.4 Å². The molecule has 1 fully saturated rings. The summed E-state index contributed by atoms with van der Waals surface area (Å²) >= 11 is 0. The van der Waals surface area contributed by atoms with Gasteiger partial charge in [-0.05, 0) is 41.8 Å². The summed E-state index contributed by atoms with van der Waals surface area (Å²) in [6.45, 7) is 9.98. The first-order valence-corrected chi connectivity index (χ1v) is 11.2. The number of aliphatic hydroxyl groups is 1. The van der Waals surface area contributed by atoms with Crippen LogP contribution in [-0.2, 0) is 4.74 Å². The van der Waals surface area contributed by atoms with Crippen molar-refractivity contribution in [2.24, 2.45) is 0 Å². The third-order valence-electron chi connectivity index (χ3n) is 5.62. The van der Waals surface area contributed by atoms with E-state index in [1.165, 1.54) is 11.3 Å². The third-order valence-corrected chi connectivity index (χ3v) is 5.62. The zero-order valence-electron chi connectivity index (χ0n) is 19.0. The number of nitrogens with zero attached hydrogens (tertiary/aromatic N) is 2. The van der Waals surface area contributed by atoms with Gasteiger partial charge in [0.25, 0.3) is 0 Å². The van der Waals surface area contributed by atoms with Crippen molar-refractivity contribution in [2.45, 2.75) is 25.9 Å². The number of β-amino-alcohol motifs (C(OH)–C–C–N with tert-alkyl or cyclic N) is 1. The summed E-state index contributed by atoms with van der Waals surface area (Å²) in [5.74, 6) is 2.21. The number of benzene rings is 2. The predicted molar refractivity (Wildman–Crippen MR) is 124 cm³/mol. The normalized spacial score (nSPS) is 15.8. The van der Waals surface area contributed by atoms with Crippen molar-refractivity contribution in [1.29, 1.82) is 0 Å². The lowest BCUT2D eigenvalue weighted by molar-refractivity contribution is 0.00709. The first-order valence-electron chi connectivity index (χ1n) is 11.2. The van der Waals surface area contributed by atoms with E-state index in [0.29, 0.717) is 32.3 Å². The number of piperazine rings is 1. The molecular formula is C25H36N2O4. The molecular weight excluding hydrogens is 392 g/mol. The van der Waals surface area contributed by atoms with E-state index in [1.54, 1.807) is 7.11 Å². The van der Waals surface area contributed by atoms with Crippen LogP contribution in [0.3, 0.4) is 0 Å². The van der Waals surface area contributed by atoms with Crippen LogP contribution in [-0.4, -0.2) is 75.8 Å². The molecule has 1 aliphatic heterocycles. The minimum Gasteiger partial charge on any atom is -0.497 e. The van der Waals surface area contributed by atoms with Crippen molar-refractivity contribution in [3.63, 3.8) is 0 Å². The van der Waals surface area contributed by atoms with Gasteiger partial charge in [-0.2, -0.15) is 0 Å². The number of para-hydroxylation sites is 1. The summed E-state index contributed by atoms with van der Waals surface area (Å²) in [5.41, 5.74) is 2.42. The Morgan fingerprint density at radius 1 is 0.935 bits per heavy atom. The summed E-state index contributed by atoms with van der Waals surface area (Å²) in [5, 5.41) is 10.3. The predicted octanol–water partition coefficient (Wildman–Crippen LogP) is 3.40. The molecule has 1 N–H and O–H groups in total. The number of anilines is 1. The zero-order chi connectivity index (χ0) is 22.1. The Morgan fingerprint density at radius 3 is 2.32 bits per heavy atom. The summed E-state index contributed by atoms with van der Waals surface area (Å²) in [4.78, 5) is 4.66. The van der Waals surface area contributed by atoms with Crippen molar-refractivity contribution in [1.82, 2.24) is 4.90 Å². The molecule has 170 valence electrons. The van der Waals surface area contributed by atoms with Crippen LogP contribution in [0.5, 0.6) is 11.5 Å². The molecule has 0 aliphatic carbocycles. The molecule has 6 nitrogen and oxygen atoms in total. The minimum absolute atomic E-state index is 0.327. The Bertz CT molecular complexity index is 773. The first kappa shape index (κ1) is 23.4. The quantitative estimate of drug-likeness (QED) is 0.554. The Balaban J connectivity index is 1.30. The molecule has 31 heavy (non-hydrogen) atoms. The Hall–Kier alpha value is -2.28. The number of rotatable bonds is 11. The SMILES string of the molecule is COc1ccc(N2CCN(C[C@H](O)COCCOc3ccccc3C(C)C)CC2)cc1. The molecule has 1 heterocycles. The van der Waals surface area contributed by atoms with Crippen LogP contribution in [0, 0.1) is 0 Å². The lowest BCUT2D eigenvalue weighted by atomic mass is 10.0. The van der Waals surface area contributed by atoms with Gasteiger partial charge < -0.3 is 24.2 Å². The van der Waals surface area contributed by atoms with Crippen molar-refractivity contribution < 1.29 is 19.3 Å². The summed E-state index contributed by atoms with van der Waals surface area (Å²) in [7, 11) is 1.68. The zero-order valence-corrected chi connectivity index (χ0v) is 19.0. The van der Waals surface area contributed by atoms with Gasteiger partial charge >= 0.3 is 0 Å². The maximum atomic E-state index is 10.3. The summed E-state index contributed by atoms with van der Waals surface area (Å²) in [6.07, 6.45) is -0.490. The van der Waals surface area contributed by atoms with E-state index >= 15 is 0 Å². The van der Waals surface area contributed by atoms with Gasteiger partial charge in [-0.25, -0.2) is 0 Å². The van der Waals surface area contributed by atoms with Gasteiger partial charge in [-0.15, -0.1) is 0 Å². The molecule has 0 amide bonds. The van der Waals surface area contributed by atoms with E-state index in [9.17, 15) is 5.11 Å². The highest BCUT2D eigenvalue weighted by atomic mass is 16.5. The van der Waals surface area contributed by atoms with Gasteiger partial charge in [-0.3, -0.25) is 4.90 Å². The Morgan fingerprint density at radius 2 is 1.65 bits per heavy atom. The summed E-state index contributed by atoms with van der Waals surface area (Å²) < 4.78 is 16.7.